The first-order chi connectivity index (χ1) is 14.9. The molecule has 3 rings (SSSR count). The molecule has 0 bridgehead atoms. The molecule has 1 aromatic heterocycles. The Morgan fingerprint density at radius 1 is 1.10 bits per heavy atom. The standard InChI is InChI=1S/C23H31N5O3/c1-5-31-19-8-6-18(7-9-19)23(30)24-15-21(29)28-12-10-27(11-13-28)20-14-17(4)25-22(26-20)16(2)3/h6-9,14,16H,5,10-13,15H2,1-4H3,(H,24,30). The molecule has 0 unspecified atom stereocenters. The number of nitrogens with zero attached hydrogens (tertiary/aromatic N) is 4. The third-order valence-electron chi connectivity index (χ3n) is 5.16. The molecular weight excluding hydrogens is 394 g/mol. The van der Waals surface area contributed by atoms with Gasteiger partial charge in [-0.2, -0.15) is 0 Å². The van der Waals surface area contributed by atoms with Crippen LogP contribution in [0, 0.1) is 6.92 Å². The van der Waals surface area contributed by atoms with Crippen LogP contribution in [0.1, 0.15) is 48.6 Å². The number of piperazine rings is 1. The van der Waals surface area contributed by atoms with Gasteiger partial charge in [-0.3, -0.25) is 9.59 Å². The molecule has 8 nitrogen and oxygen atoms in total. The fraction of sp³-hybridized carbons (Fsp3) is 0.478. The van der Waals surface area contributed by atoms with Crippen molar-refractivity contribution >= 4 is 17.6 Å². The summed E-state index contributed by atoms with van der Waals surface area (Å²) in [6.45, 7) is 11.2. The largest absolute Gasteiger partial charge is 0.494 e. The summed E-state index contributed by atoms with van der Waals surface area (Å²) in [4.78, 5) is 38.0. The Kier molecular flexibility index (Phi) is 7.44. The molecule has 0 atom stereocenters. The minimum atomic E-state index is -0.271. The number of aryl methyl sites for hydroxylation is 1. The predicted molar refractivity (Wildman–Crippen MR) is 120 cm³/mol. The maximum Gasteiger partial charge on any atom is 0.251 e. The van der Waals surface area contributed by atoms with Crippen LogP contribution in [0.4, 0.5) is 5.82 Å². The van der Waals surface area contributed by atoms with Gasteiger partial charge in [0, 0.05) is 49.4 Å². The van der Waals surface area contributed by atoms with Crippen molar-refractivity contribution in [3.63, 3.8) is 0 Å². The summed E-state index contributed by atoms with van der Waals surface area (Å²) in [5.41, 5.74) is 1.45. The Labute approximate surface area is 183 Å². The summed E-state index contributed by atoms with van der Waals surface area (Å²) in [7, 11) is 0. The van der Waals surface area contributed by atoms with Gasteiger partial charge in [0.15, 0.2) is 0 Å². The molecule has 8 heteroatoms. The van der Waals surface area contributed by atoms with Crippen LogP contribution in [0.5, 0.6) is 5.75 Å². The van der Waals surface area contributed by atoms with E-state index in [9.17, 15) is 9.59 Å². The SMILES string of the molecule is CCOc1ccc(C(=O)NCC(=O)N2CCN(c3cc(C)nc(C(C)C)n3)CC2)cc1. The van der Waals surface area contributed by atoms with Crippen LogP contribution < -0.4 is 15.0 Å². The predicted octanol–water partition coefficient (Wildman–Crippen LogP) is 2.39. The minimum Gasteiger partial charge on any atom is -0.494 e. The summed E-state index contributed by atoms with van der Waals surface area (Å²) >= 11 is 0. The molecule has 1 aromatic carbocycles. The van der Waals surface area contributed by atoms with Crippen molar-refractivity contribution in [3.05, 3.63) is 47.4 Å². The Hall–Kier alpha value is -3.16. The van der Waals surface area contributed by atoms with Gasteiger partial charge >= 0.3 is 0 Å². The molecule has 1 aliphatic rings. The maximum atomic E-state index is 12.6. The normalized spacial score (nSPS) is 14.0. The molecule has 1 saturated heterocycles. The number of hydrogen-bond acceptors (Lipinski definition) is 6. The fourth-order valence-electron chi connectivity index (χ4n) is 3.42. The van der Waals surface area contributed by atoms with Crippen molar-refractivity contribution in [1.29, 1.82) is 0 Å². The topological polar surface area (TPSA) is 87.7 Å². The Bertz CT molecular complexity index is 906. The lowest BCUT2D eigenvalue weighted by atomic mass is 10.2. The minimum absolute atomic E-state index is 0.0177. The van der Waals surface area contributed by atoms with Gasteiger partial charge in [0.2, 0.25) is 5.91 Å². The van der Waals surface area contributed by atoms with Gasteiger partial charge in [-0.05, 0) is 38.1 Å². The van der Waals surface area contributed by atoms with Crippen molar-refractivity contribution in [2.75, 3.05) is 44.2 Å². The summed E-state index contributed by atoms with van der Waals surface area (Å²) in [5, 5.41) is 2.71. The van der Waals surface area contributed by atoms with E-state index < -0.39 is 0 Å². The molecule has 2 heterocycles. The number of amides is 2. The van der Waals surface area contributed by atoms with Crippen molar-refractivity contribution in [3.8, 4) is 5.75 Å². The van der Waals surface area contributed by atoms with Gasteiger partial charge in [0.05, 0.1) is 13.2 Å². The first kappa shape index (κ1) is 22.5. The molecule has 2 amide bonds. The highest BCUT2D eigenvalue weighted by molar-refractivity contribution is 5.96. The second kappa shape index (κ2) is 10.2. The summed E-state index contributed by atoms with van der Waals surface area (Å²) in [5.74, 6) is 2.37. The van der Waals surface area contributed by atoms with Gasteiger partial charge in [-0.15, -0.1) is 0 Å². The molecule has 0 saturated carbocycles. The molecule has 1 N–H and O–H groups in total. The number of carbonyl (C=O) groups is 2. The molecule has 166 valence electrons. The molecule has 0 spiro atoms. The van der Waals surface area contributed by atoms with Crippen LogP contribution in [0.2, 0.25) is 0 Å². The quantitative estimate of drug-likeness (QED) is 0.733. The van der Waals surface area contributed by atoms with Crippen molar-refractivity contribution in [2.45, 2.75) is 33.6 Å². The lowest BCUT2D eigenvalue weighted by Gasteiger charge is -2.35. The van der Waals surface area contributed by atoms with Crippen molar-refractivity contribution in [1.82, 2.24) is 20.2 Å². The number of benzene rings is 1. The van der Waals surface area contributed by atoms with Gasteiger partial charge in [-0.1, -0.05) is 13.8 Å². The van der Waals surface area contributed by atoms with E-state index in [1.165, 1.54) is 0 Å². The van der Waals surface area contributed by atoms with E-state index in [0.717, 1.165) is 17.3 Å². The number of rotatable bonds is 7. The van der Waals surface area contributed by atoms with Crippen LogP contribution in [-0.4, -0.2) is 66.0 Å². The van der Waals surface area contributed by atoms with Crippen LogP contribution in [0.3, 0.4) is 0 Å². The number of anilines is 1. The Morgan fingerprint density at radius 2 is 1.77 bits per heavy atom. The highest BCUT2D eigenvalue weighted by Crippen LogP contribution is 2.19. The number of ether oxygens (including phenoxy) is 1. The first-order valence-corrected chi connectivity index (χ1v) is 10.8. The van der Waals surface area contributed by atoms with Crippen LogP contribution in [-0.2, 0) is 4.79 Å². The number of hydrogen-bond donors (Lipinski definition) is 1. The monoisotopic (exact) mass is 425 g/mol. The highest BCUT2D eigenvalue weighted by Gasteiger charge is 2.23. The lowest BCUT2D eigenvalue weighted by Crippen LogP contribution is -2.51. The van der Waals surface area contributed by atoms with E-state index in [-0.39, 0.29) is 24.3 Å². The number of aromatic nitrogens is 2. The molecule has 2 aromatic rings. The lowest BCUT2D eigenvalue weighted by molar-refractivity contribution is -0.130. The van der Waals surface area contributed by atoms with Gasteiger partial charge in [-0.25, -0.2) is 9.97 Å². The maximum absolute atomic E-state index is 12.6. The third kappa shape index (κ3) is 5.93. The average Bonchev–Trinajstić information content (AvgIpc) is 2.77. The second-order valence-electron chi connectivity index (χ2n) is 7.89. The van der Waals surface area contributed by atoms with Gasteiger partial charge < -0.3 is 19.9 Å². The van der Waals surface area contributed by atoms with E-state index >= 15 is 0 Å². The molecule has 1 fully saturated rings. The summed E-state index contributed by atoms with van der Waals surface area (Å²) < 4.78 is 5.38. The Morgan fingerprint density at radius 3 is 2.39 bits per heavy atom. The van der Waals surface area contributed by atoms with Crippen molar-refractivity contribution < 1.29 is 14.3 Å². The molecular formula is C23H31N5O3. The van der Waals surface area contributed by atoms with E-state index in [0.29, 0.717) is 44.1 Å². The smallest absolute Gasteiger partial charge is 0.251 e. The first-order valence-electron chi connectivity index (χ1n) is 10.8. The van der Waals surface area contributed by atoms with Crippen LogP contribution >= 0.6 is 0 Å². The molecule has 31 heavy (non-hydrogen) atoms. The van der Waals surface area contributed by atoms with Crippen LogP contribution in [0.15, 0.2) is 30.3 Å². The van der Waals surface area contributed by atoms with Crippen LogP contribution in [0.25, 0.3) is 0 Å². The van der Waals surface area contributed by atoms with Gasteiger partial charge in [0.1, 0.15) is 17.4 Å². The highest BCUT2D eigenvalue weighted by atomic mass is 16.5. The second-order valence-corrected chi connectivity index (χ2v) is 7.89. The molecule has 0 aliphatic carbocycles. The zero-order valence-corrected chi connectivity index (χ0v) is 18.7. The zero-order valence-electron chi connectivity index (χ0n) is 18.7. The molecule has 1 aliphatic heterocycles. The van der Waals surface area contributed by atoms with E-state index in [1.807, 2.05) is 19.9 Å². The fourth-order valence-corrected chi connectivity index (χ4v) is 3.42. The van der Waals surface area contributed by atoms with Crippen molar-refractivity contribution in [2.24, 2.45) is 0 Å². The zero-order chi connectivity index (χ0) is 22.4. The Balaban J connectivity index is 1.49. The average molecular weight is 426 g/mol. The number of carbonyl (C=O) groups excluding carboxylic acids is 2. The number of nitrogens with one attached hydrogen (secondary N) is 1. The van der Waals surface area contributed by atoms with Gasteiger partial charge in [0.25, 0.3) is 5.91 Å². The third-order valence-corrected chi connectivity index (χ3v) is 5.16. The summed E-state index contributed by atoms with van der Waals surface area (Å²) in [6, 6.07) is 8.87. The van der Waals surface area contributed by atoms with E-state index in [4.69, 9.17) is 4.74 Å². The van der Waals surface area contributed by atoms with E-state index in [2.05, 4.69) is 34.0 Å². The summed E-state index contributed by atoms with van der Waals surface area (Å²) in [6.07, 6.45) is 0. The van der Waals surface area contributed by atoms with E-state index in [1.54, 1.807) is 29.2 Å². The molecule has 0 radical (unpaired) electrons.